The number of aliphatic hydroxyl groups is 2. The lowest BCUT2D eigenvalue weighted by atomic mass is 9.85. The van der Waals surface area contributed by atoms with Crippen molar-refractivity contribution in [3.05, 3.63) is 28.2 Å². The highest BCUT2D eigenvalue weighted by molar-refractivity contribution is 9.10. The topological polar surface area (TPSA) is 49.7 Å². The van der Waals surface area contributed by atoms with Crippen molar-refractivity contribution in [2.45, 2.75) is 50.7 Å². The molecule has 19 heavy (non-hydrogen) atoms. The molecule has 1 aromatic carbocycles. The van der Waals surface area contributed by atoms with Gasteiger partial charge in [-0.2, -0.15) is 0 Å². The molecule has 0 radical (unpaired) electrons. The number of aliphatic hydroxyl groups excluding tert-OH is 1. The zero-order valence-electron chi connectivity index (χ0n) is 11.2. The van der Waals surface area contributed by atoms with Crippen molar-refractivity contribution in [1.82, 2.24) is 0 Å². The second-order valence-corrected chi connectivity index (χ2v) is 6.35. The van der Waals surface area contributed by atoms with Gasteiger partial charge in [-0.15, -0.1) is 0 Å². The quantitative estimate of drug-likeness (QED) is 0.888. The summed E-state index contributed by atoms with van der Waals surface area (Å²) in [6.07, 6.45) is 4.32. The van der Waals surface area contributed by atoms with Crippen LogP contribution in [0.2, 0.25) is 0 Å². The van der Waals surface area contributed by atoms with E-state index in [1.54, 1.807) is 6.92 Å². The molecule has 3 nitrogen and oxygen atoms in total. The second kappa shape index (κ2) is 6.25. The first-order valence-corrected chi connectivity index (χ1v) is 7.62. The normalized spacial score (nSPS) is 20.0. The summed E-state index contributed by atoms with van der Waals surface area (Å²) in [6, 6.07) is 5.56. The zero-order valence-corrected chi connectivity index (χ0v) is 12.8. The molecule has 0 bridgehead atoms. The molecule has 1 saturated carbocycles. The Labute approximate surface area is 122 Å². The Morgan fingerprint density at radius 3 is 2.63 bits per heavy atom. The largest absolute Gasteiger partial charge is 0.490 e. The fraction of sp³-hybridized carbons (Fsp3) is 0.600. The van der Waals surface area contributed by atoms with Crippen LogP contribution in [0.4, 0.5) is 0 Å². The van der Waals surface area contributed by atoms with E-state index >= 15 is 0 Å². The SMILES string of the molecule is CC(O)c1ccc(Br)cc1OCC1(O)CCCCC1. The van der Waals surface area contributed by atoms with Crippen LogP contribution in [0.15, 0.2) is 22.7 Å². The molecule has 0 heterocycles. The highest BCUT2D eigenvalue weighted by Crippen LogP contribution is 2.32. The highest BCUT2D eigenvalue weighted by atomic mass is 79.9. The third-order valence-electron chi connectivity index (χ3n) is 3.71. The maximum absolute atomic E-state index is 10.4. The van der Waals surface area contributed by atoms with Crippen molar-refractivity contribution < 1.29 is 14.9 Å². The van der Waals surface area contributed by atoms with Gasteiger partial charge in [-0.25, -0.2) is 0 Å². The fourth-order valence-corrected chi connectivity index (χ4v) is 2.88. The van der Waals surface area contributed by atoms with Crippen LogP contribution in [0.5, 0.6) is 5.75 Å². The smallest absolute Gasteiger partial charge is 0.126 e. The molecule has 1 aromatic rings. The molecule has 1 atom stereocenters. The van der Waals surface area contributed by atoms with Crippen LogP contribution >= 0.6 is 15.9 Å². The average molecular weight is 329 g/mol. The minimum absolute atomic E-state index is 0.295. The highest BCUT2D eigenvalue weighted by Gasteiger charge is 2.30. The van der Waals surface area contributed by atoms with Gasteiger partial charge in [-0.3, -0.25) is 0 Å². The Hall–Kier alpha value is -0.580. The van der Waals surface area contributed by atoms with Gasteiger partial charge in [-0.1, -0.05) is 41.3 Å². The fourth-order valence-electron chi connectivity index (χ4n) is 2.54. The van der Waals surface area contributed by atoms with Gasteiger partial charge in [0.15, 0.2) is 0 Å². The number of rotatable bonds is 4. The molecule has 1 fully saturated rings. The molecule has 0 saturated heterocycles. The maximum atomic E-state index is 10.4. The Morgan fingerprint density at radius 2 is 2.00 bits per heavy atom. The van der Waals surface area contributed by atoms with E-state index in [1.165, 1.54) is 6.42 Å². The van der Waals surface area contributed by atoms with Gasteiger partial charge in [0.1, 0.15) is 12.4 Å². The number of benzene rings is 1. The van der Waals surface area contributed by atoms with Crippen LogP contribution < -0.4 is 4.74 Å². The summed E-state index contributed by atoms with van der Waals surface area (Å²) in [6.45, 7) is 2.01. The number of halogens is 1. The minimum atomic E-state index is -0.712. The van der Waals surface area contributed by atoms with Crippen LogP contribution in [-0.4, -0.2) is 22.4 Å². The van der Waals surface area contributed by atoms with Crippen molar-refractivity contribution >= 4 is 15.9 Å². The van der Waals surface area contributed by atoms with Crippen LogP contribution in [-0.2, 0) is 0 Å². The molecule has 1 aliphatic rings. The van der Waals surface area contributed by atoms with Gasteiger partial charge >= 0.3 is 0 Å². The summed E-state index contributed by atoms with van der Waals surface area (Å²) < 4.78 is 6.69. The van der Waals surface area contributed by atoms with Crippen LogP contribution in [0.1, 0.15) is 50.7 Å². The van der Waals surface area contributed by atoms with E-state index in [0.717, 1.165) is 35.7 Å². The number of ether oxygens (including phenoxy) is 1. The van der Waals surface area contributed by atoms with E-state index in [4.69, 9.17) is 4.74 Å². The molecule has 2 rings (SSSR count). The lowest BCUT2D eigenvalue weighted by Crippen LogP contribution is -2.38. The summed E-state index contributed by atoms with van der Waals surface area (Å²) in [5, 5.41) is 20.2. The van der Waals surface area contributed by atoms with Crippen LogP contribution in [0.3, 0.4) is 0 Å². The molecule has 0 aromatic heterocycles. The van der Waals surface area contributed by atoms with E-state index in [2.05, 4.69) is 15.9 Å². The second-order valence-electron chi connectivity index (χ2n) is 5.43. The Kier molecular flexibility index (Phi) is 4.87. The molecule has 4 heteroatoms. The van der Waals surface area contributed by atoms with Gasteiger partial charge in [0.2, 0.25) is 0 Å². The van der Waals surface area contributed by atoms with E-state index in [-0.39, 0.29) is 0 Å². The minimum Gasteiger partial charge on any atom is -0.490 e. The van der Waals surface area contributed by atoms with E-state index in [0.29, 0.717) is 12.4 Å². The Balaban J connectivity index is 2.07. The molecular formula is C15H21BrO3. The van der Waals surface area contributed by atoms with Crippen molar-refractivity contribution in [3.8, 4) is 5.75 Å². The Bertz CT molecular complexity index is 425. The van der Waals surface area contributed by atoms with Crippen molar-refractivity contribution in [3.63, 3.8) is 0 Å². The first kappa shape index (κ1) is 14.8. The van der Waals surface area contributed by atoms with Crippen molar-refractivity contribution in [1.29, 1.82) is 0 Å². The van der Waals surface area contributed by atoms with Gasteiger partial charge in [0.05, 0.1) is 11.7 Å². The molecular weight excluding hydrogens is 308 g/mol. The predicted molar refractivity (Wildman–Crippen MR) is 78.3 cm³/mol. The predicted octanol–water partition coefficient (Wildman–Crippen LogP) is 3.58. The van der Waals surface area contributed by atoms with Crippen molar-refractivity contribution in [2.24, 2.45) is 0 Å². The molecule has 1 unspecified atom stereocenters. The van der Waals surface area contributed by atoms with E-state index in [9.17, 15) is 10.2 Å². The molecule has 1 aliphatic carbocycles. The van der Waals surface area contributed by atoms with E-state index < -0.39 is 11.7 Å². The third kappa shape index (κ3) is 3.94. The third-order valence-corrected chi connectivity index (χ3v) is 4.20. The summed E-state index contributed by atoms with van der Waals surface area (Å²) in [7, 11) is 0. The van der Waals surface area contributed by atoms with Gasteiger partial charge in [-0.05, 0) is 31.9 Å². The maximum Gasteiger partial charge on any atom is 0.126 e. The molecule has 0 spiro atoms. The molecule has 0 amide bonds. The molecule has 2 N–H and O–H groups in total. The average Bonchev–Trinajstić information content (AvgIpc) is 2.37. The molecule has 0 aliphatic heterocycles. The molecule has 106 valence electrons. The van der Waals surface area contributed by atoms with Gasteiger partial charge < -0.3 is 14.9 Å². The van der Waals surface area contributed by atoms with Gasteiger partial charge in [0.25, 0.3) is 0 Å². The zero-order chi connectivity index (χ0) is 13.9. The number of hydrogen-bond donors (Lipinski definition) is 2. The Morgan fingerprint density at radius 1 is 1.32 bits per heavy atom. The summed E-state index contributed by atoms with van der Waals surface area (Å²) in [4.78, 5) is 0. The monoisotopic (exact) mass is 328 g/mol. The first-order valence-electron chi connectivity index (χ1n) is 6.83. The lowest BCUT2D eigenvalue weighted by molar-refractivity contribution is -0.0345. The lowest BCUT2D eigenvalue weighted by Gasteiger charge is -2.32. The summed E-state index contributed by atoms with van der Waals surface area (Å²) in [5.74, 6) is 0.642. The number of hydrogen-bond acceptors (Lipinski definition) is 3. The van der Waals surface area contributed by atoms with Crippen LogP contribution in [0, 0.1) is 0 Å². The van der Waals surface area contributed by atoms with Crippen molar-refractivity contribution in [2.75, 3.05) is 6.61 Å². The summed E-state index contributed by atoms with van der Waals surface area (Å²) >= 11 is 3.40. The van der Waals surface area contributed by atoms with E-state index in [1.807, 2.05) is 18.2 Å². The standard InChI is InChI=1S/C15H21BrO3/c1-11(17)13-6-5-12(16)9-14(13)19-10-15(18)7-3-2-4-8-15/h5-6,9,11,17-18H,2-4,7-8,10H2,1H3. The first-order chi connectivity index (χ1) is 9.00. The van der Waals surface area contributed by atoms with Crippen LogP contribution in [0.25, 0.3) is 0 Å². The summed E-state index contributed by atoms with van der Waals surface area (Å²) in [5.41, 5.74) is 0.0406. The van der Waals surface area contributed by atoms with Gasteiger partial charge in [0, 0.05) is 10.0 Å².